The number of hydrogen-bond donors (Lipinski definition) is 3. The fraction of sp³-hybridized carbons (Fsp3) is 0.474. The summed E-state index contributed by atoms with van der Waals surface area (Å²) in [6.07, 6.45) is 2.62. The zero-order valence-electron chi connectivity index (χ0n) is 16.7. The van der Waals surface area contributed by atoms with E-state index in [0.717, 1.165) is 31.3 Å². The van der Waals surface area contributed by atoms with Gasteiger partial charge in [0.1, 0.15) is 18.0 Å². The number of rotatable bonds is 5. The Bertz CT molecular complexity index is 919. The molecule has 1 fully saturated rings. The molecule has 0 saturated carbocycles. The highest BCUT2D eigenvalue weighted by Gasteiger charge is 2.38. The van der Waals surface area contributed by atoms with E-state index in [4.69, 9.17) is 0 Å². The number of nitrogens with one attached hydrogen (secondary N) is 3. The van der Waals surface area contributed by atoms with Gasteiger partial charge < -0.3 is 16.0 Å². The van der Waals surface area contributed by atoms with E-state index in [1.807, 2.05) is 0 Å². The van der Waals surface area contributed by atoms with Crippen molar-refractivity contribution < 1.29 is 13.7 Å². The van der Waals surface area contributed by atoms with Crippen LogP contribution in [0.3, 0.4) is 0 Å². The van der Waals surface area contributed by atoms with Crippen LogP contribution in [0.1, 0.15) is 40.5 Å². The number of aromatic nitrogens is 2. The molecule has 8 nitrogen and oxygen atoms in total. The van der Waals surface area contributed by atoms with Crippen molar-refractivity contribution in [1.82, 2.24) is 15.3 Å². The second kappa shape index (κ2) is 7.51. The van der Waals surface area contributed by atoms with Gasteiger partial charge in [0.15, 0.2) is 0 Å². The number of anilines is 3. The molecule has 0 unspecified atom stereocenters. The number of benzene rings is 1. The zero-order valence-corrected chi connectivity index (χ0v) is 16.7. The van der Waals surface area contributed by atoms with Crippen LogP contribution in [-0.2, 0) is 0 Å². The molecule has 1 aliphatic rings. The molecule has 1 aromatic carbocycles. The molecule has 1 aliphatic heterocycles. The second-order valence-electron chi connectivity index (χ2n) is 8.57. The van der Waals surface area contributed by atoms with Crippen molar-refractivity contribution in [3.8, 4) is 0 Å². The fourth-order valence-corrected chi connectivity index (χ4v) is 4.08. The normalized spacial score (nSPS) is 18.3. The Morgan fingerprint density at radius 1 is 1.14 bits per heavy atom. The van der Waals surface area contributed by atoms with E-state index in [1.54, 1.807) is 0 Å². The monoisotopic (exact) mass is 406 g/mol. The lowest BCUT2D eigenvalue weighted by atomic mass is 9.79. The predicted octanol–water partition coefficient (Wildman–Crippen LogP) is 4.13. The maximum absolute atomic E-state index is 14.0. The van der Waals surface area contributed by atoms with Crippen LogP contribution in [0.15, 0.2) is 24.5 Å². The molecule has 1 saturated heterocycles. The largest absolute Gasteiger partial charge is 0.361 e. The summed E-state index contributed by atoms with van der Waals surface area (Å²) in [6.45, 7) is 8.28. The molecule has 0 radical (unpaired) electrons. The van der Waals surface area contributed by atoms with Gasteiger partial charge in [0, 0.05) is 23.2 Å². The van der Waals surface area contributed by atoms with Crippen LogP contribution in [0.25, 0.3) is 0 Å². The average Bonchev–Trinajstić information content (AvgIpc) is 2.54. The molecule has 2 heterocycles. The van der Waals surface area contributed by atoms with Crippen molar-refractivity contribution in [3.05, 3.63) is 46.3 Å². The summed E-state index contributed by atoms with van der Waals surface area (Å²) in [4.78, 5) is 19.1. The number of halogens is 2. The number of hydrogen-bond acceptors (Lipinski definition) is 7. The minimum absolute atomic E-state index is 0.0496. The maximum atomic E-state index is 14.0. The Labute approximate surface area is 167 Å². The summed E-state index contributed by atoms with van der Waals surface area (Å²) in [5, 5.41) is 21.0. The summed E-state index contributed by atoms with van der Waals surface area (Å²) in [5.74, 6) is -1.75. The maximum Gasteiger partial charge on any atom is 0.353 e. The Morgan fingerprint density at radius 3 is 2.34 bits per heavy atom. The standard InChI is InChI=1S/C19H24F2N6O2/c1-18(2)8-12(9-19(3,4)26-18)24-16-15(27(28)29)17(23-10-22-16)25-14-6-5-11(20)7-13(14)21/h5-7,10,12,26H,8-9H2,1-4H3,(H2,22,23,24,25). The molecule has 29 heavy (non-hydrogen) atoms. The van der Waals surface area contributed by atoms with E-state index in [-0.39, 0.29) is 34.4 Å². The van der Waals surface area contributed by atoms with Crippen LogP contribution < -0.4 is 16.0 Å². The summed E-state index contributed by atoms with van der Waals surface area (Å²) in [7, 11) is 0. The van der Waals surface area contributed by atoms with Crippen LogP contribution in [0.2, 0.25) is 0 Å². The molecule has 0 bridgehead atoms. The van der Waals surface area contributed by atoms with Crippen molar-refractivity contribution in [2.45, 2.75) is 57.7 Å². The molecule has 0 spiro atoms. The zero-order chi connectivity index (χ0) is 21.4. The lowest BCUT2D eigenvalue weighted by Gasteiger charge is -2.46. The molecule has 0 atom stereocenters. The molecular formula is C19H24F2N6O2. The third-order valence-corrected chi connectivity index (χ3v) is 4.72. The smallest absolute Gasteiger partial charge is 0.353 e. The van der Waals surface area contributed by atoms with Crippen molar-refractivity contribution in [1.29, 1.82) is 0 Å². The summed E-state index contributed by atoms with van der Waals surface area (Å²) in [5.41, 5.74) is -0.854. The van der Waals surface area contributed by atoms with Crippen molar-refractivity contribution in [2.75, 3.05) is 10.6 Å². The molecule has 0 amide bonds. The van der Waals surface area contributed by atoms with Gasteiger partial charge in [-0.25, -0.2) is 18.7 Å². The fourth-order valence-electron chi connectivity index (χ4n) is 4.08. The molecule has 3 rings (SSSR count). The van der Waals surface area contributed by atoms with Gasteiger partial charge in [0.2, 0.25) is 11.6 Å². The van der Waals surface area contributed by atoms with Gasteiger partial charge in [-0.3, -0.25) is 10.1 Å². The van der Waals surface area contributed by atoms with Crippen molar-refractivity contribution in [2.24, 2.45) is 0 Å². The Morgan fingerprint density at radius 2 is 1.76 bits per heavy atom. The van der Waals surface area contributed by atoms with Gasteiger partial charge in [-0.1, -0.05) is 0 Å². The van der Waals surface area contributed by atoms with E-state index in [9.17, 15) is 18.9 Å². The van der Waals surface area contributed by atoms with E-state index in [0.29, 0.717) is 6.07 Å². The quantitative estimate of drug-likeness (QED) is 0.506. The highest BCUT2D eigenvalue weighted by Crippen LogP contribution is 2.35. The third-order valence-electron chi connectivity index (χ3n) is 4.72. The Kier molecular flexibility index (Phi) is 5.40. The Hall–Kier alpha value is -2.88. The second-order valence-corrected chi connectivity index (χ2v) is 8.57. The van der Waals surface area contributed by atoms with Crippen LogP contribution in [0.4, 0.5) is 31.8 Å². The van der Waals surface area contributed by atoms with Crippen LogP contribution >= 0.6 is 0 Å². The van der Waals surface area contributed by atoms with Crippen LogP contribution in [0, 0.1) is 21.7 Å². The van der Waals surface area contributed by atoms with Gasteiger partial charge >= 0.3 is 5.69 Å². The minimum Gasteiger partial charge on any atom is -0.361 e. The topological polar surface area (TPSA) is 105 Å². The lowest BCUT2D eigenvalue weighted by Crippen LogP contribution is -2.60. The highest BCUT2D eigenvalue weighted by molar-refractivity contribution is 5.74. The van der Waals surface area contributed by atoms with E-state index in [1.165, 1.54) is 0 Å². The van der Waals surface area contributed by atoms with Gasteiger partial charge in [-0.05, 0) is 52.7 Å². The first-order chi connectivity index (χ1) is 13.5. The van der Waals surface area contributed by atoms with E-state index < -0.39 is 22.2 Å². The Balaban J connectivity index is 1.92. The molecule has 156 valence electrons. The van der Waals surface area contributed by atoms with Gasteiger partial charge in [-0.2, -0.15) is 0 Å². The van der Waals surface area contributed by atoms with E-state index >= 15 is 0 Å². The first-order valence-corrected chi connectivity index (χ1v) is 9.23. The van der Waals surface area contributed by atoms with Crippen molar-refractivity contribution in [3.63, 3.8) is 0 Å². The number of nitro groups is 1. The first-order valence-electron chi connectivity index (χ1n) is 9.23. The minimum atomic E-state index is -0.880. The number of piperidine rings is 1. The van der Waals surface area contributed by atoms with Crippen LogP contribution in [0.5, 0.6) is 0 Å². The highest BCUT2D eigenvalue weighted by atomic mass is 19.1. The van der Waals surface area contributed by atoms with Gasteiger partial charge in [0.05, 0.1) is 10.6 Å². The third kappa shape index (κ3) is 4.94. The van der Waals surface area contributed by atoms with Crippen molar-refractivity contribution >= 4 is 23.0 Å². The lowest BCUT2D eigenvalue weighted by molar-refractivity contribution is -0.383. The molecule has 3 N–H and O–H groups in total. The first kappa shape index (κ1) is 20.8. The average molecular weight is 406 g/mol. The molecular weight excluding hydrogens is 382 g/mol. The predicted molar refractivity (Wildman–Crippen MR) is 106 cm³/mol. The molecule has 2 aromatic rings. The van der Waals surface area contributed by atoms with E-state index in [2.05, 4.69) is 53.6 Å². The molecule has 10 heteroatoms. The SMILES string of the molecule is CC1(C)CC(Nc2ncnc(Nc3ccc(F)cc3F)c2[N+](=O)[O-])CC(C)(C)N1. The summed E-state index contributed by atoms with van der Waals surface area (Å²) < 4.78 is 27.1. The van der Waals surface area contributed by atoms with Gasteiger partial charge in [-0.15, -0.1) is 0 Å². The summed E-state index contributed by atoms with van der Waals surface area (Å²) >= 11 is 0. The van der Waals surface area contributed by atoms with Crippen LogP contribution in [-0.4, -0.2) is 32.0 Å². The summed E-state index contributed by atoms with van der Waals surface area (Å²) in [6, 6.07) is 2.83. The molecule has 1 aromatic heterocycles. The molecule has 0 aliphatic carbocycles. The van der Waals surface area contributed by atoms with Gasteiger partial charge in [0.25, 0.3) is 0 Å². The number of nitrogens with zero attached hydrogens (tertiary/aromatic N) is 3.